The van der Waals surface area contributed by atoms with Crippen LogP contribution >= 0.6 is 0 Å². The number of aryl methyl sites for hydroxylation is 1. The highest BCUT2D eigenvalue weighted by molar-refractivity contribution is 5.98. The molecule has 1 fully saturated rings. The van der Waals surface area contributed by atoms with Gasteiger partial charge in [0.1, 0.15) is 23.8 Å². The van der Waals surface area contributed by atoms with Crippen LogP contribution in [0.4, 0.5) is 4.39 Å². The Morgan fingerprint density at radius 1 is 1.22 bits per heavy atom. The molecule has 1 saturated heterocycles. The van der Waals surface area contributed by atoms with Crippen LogP contribution in [0.1, 0.15) is 34.5 Å². The summed E-state index contributed by atoms with van der Waals surface area (Å²) >= 11 is 0. The number of halogens is 1. The molecule has 2 aromatic carbocycles. The maximum Gasteiger partial charge on any atom is 0.287 e. The number of carbonyl (C=O) groups excluding carboxylic acids is 1. The van der Waals surface area contributed by atoms with E-state index in [0.717, 1.165) is 43.9 Å². The Morgan fingerprint density at radius 3 is 2.84 bits per heavy atom. The molecule has 3 aromatic rings. The number of amides is 1. The van der Waals surface area contributed by atoms with Gasteiger partial charge in [0.2, 0.25) is 0 Å². The average Bonchev–Trinajstić information content (AvgIpc) is 3.14. The van der Waals surface area contributed by atoms with Gasteiger partial charge >= 0.3 is 0 Å². The maximum absolute atomic E-state index is 13.5. The third kappa shape index (κ3) is 5.29. The molecule has 7 heteroatoms. The first-order valence-electron chi connectivity index (χ1n) is 11.0. The lowest BCUT2D eigenvalue weighted by Gasteiger charge is -2.31. The number of nitrogens with zero attached hydrogens (tertiary/aromatic N) is 1. The first-order chi connectivity index (χ1) is 15.5. The second kappa shape index (κ2) is 10.1. The van der Waals surface area contributed by atoms with Gasteiger partial charge in [-0.15, -0.1) is 0 Å². The second-order valence-corrected chi connectivity index (χ2v) is 8.20. The van der Waals surface area contributed by atoms with Gasteiger partial charge in [0.25, 0.3) is 5.91 Å². The van der Waals surface area contributed by atoms with Gasteiger partial charge in [-0.3, -0.25) is 9.69 Å². The number of carbonyl (C=O) groups is 1. The standard InChI is InChI=1S/C25H29FN2O4/c1-17-22-15-19(26)6-7-23(22)32-24(17)25(29)27-16-18-4-3-5-21(14-18)31-13-10-28(2)20-8-11-30-12-9-20/h3-7,14-15,20H,8-13,16H2,1-2H3,(H,27,29). The predicted molar refractivity (Wildman–Crippen MR) is 120 cm³/mol. The normalized spacial score (nSPS) is 14.8. The van der Waals surface area contributed by atoms with E-state index < -0.39 is 0 Å². The summed E-state index contributed by atoms with van der Waals surface area (Å²) in [7, 11) is 2.12. The van der Waals surface area contributed by atoms with E-state index in [-0.39, 0.29) is 17.5 Å². The molecule has 6 nitrogen and oxygen atoms in total. The van der Waals surface area contributed by atoms with Gasteiger partial charge in [0.15, 0.2) is 5.76 Å². The molecule has 170 valence electrons. The van der Waals surface area contributed by atoms with Crippen LogP contribution in [0, 0.1) is 12.7 Å². The van der Waals surface area contributed by atoms with Crippen LogP contribution < -0.4 is 10.1 Å². The molecule has 0 saturated carbocycles. The molecule has 32 heavy (non-hydrogen) atoms. The van der Waals surface area contributed by atoms with Crippen molar-refractivity contribution in [3.8, 4) is 5.75 Å². The fourth-order valence-electron chi connectivity index (χ4n) is 4.03. The van der Waals surface area contributed by atoms with Crippen molar-refractivity contribution in [1.29, 1.82) is 0 Å². The zero-order valence-corrected chi connectivity index (χ0v) is 18.5. The van der Waals surface area contributed by atoms with Crippen molar-refractivity contribution in [2.75, 3.05) is 33.4 Å². The van der Waals surface area contributed by atoms with E-state index >= 15 is 0 Å². The van der Waals surface area contributed by atoms with E-state index in [9.17, 15) is 9.18 Å². The van der Waals surface area contributed by atoms with E-state index in [1.165, 1.54) is 18.2 Å². The van der Waals surface area contributed by atoms with E-state index in [1.54, 1.807) is 6.92 Å². The SMILES string of the molecule is Cc1c(C(=O)NCc2cccc(OCCN(C)C3CCOCC3)c2)oc2ccc(F)cc12. The molecule has 1 aromatic heterocycles. The molecule has 0 unspecified atom stereocenters. The number of likely N-dealkylation sites (N-methyl/N-ethyl adjacent to an activating group) is 1. The number of nitrogens with one attached hydrogen (secondary N) is 1. The van der Waals surface area contributed by atoms with Crippen LogP contribution in [0.5, 0.6) is 5.75 Å². The molecule has 0 atom stereocenters. The Morgan fingerprint density at radius 2 is 2.03 bits per heavy atom. The van der Waals surface area contributed by atoms with Crippen molar-refractivity contribution in [3.05, 3.63) is 65.2 Å². The van der Waals surface area contributed by atoms with Crippen molar-refractivity contribution < 1.29 is 23.1 Å². The van der Waals surface area contributed by atoms with Crippen LogP contribution in [0.15, 0.2) is 46.9 Å². The predicted octanol–water partition coefficient (Wildman–Crippen LogP) is 4.30. The monoisotopic (exact) mass is 440 g/mol. The molecular weight excluding hydrogens is 411 g/mol. The largest absolute Gasteiger partial charge is 0.492 e. The number of benzene rings is 2. The van der Waals surface area contributed by atoms with Gasteiger partial charge in [-0.2, -0.15) is 0 Å². The summed E-state index contributed by atoms with van der Waals surface area (Å²) in [4.78, 5) is 15.0. The molecular formula is C25H29FN2O4. The highest BCUT2D eigenvalue weighted by atomic mass is 19.1. The Labute approximate surface area is 187 Å². The maximum atomic E-state index is 13.5. The molecule has 0 spiro atoms. The van der Waals surface area contributed by atoms with Crippen LogP contribution in [0.3, 0.4) is 0 Å². The number of hydrogen-bond donors (Lipinski definition) is 1. The molecule has 0 radical (unpaired) electrons. The molecule has 1 N–H and O–H groups in total. The summed E-state index contributed by atoms with van der Waals surface area (Å²) in [5, 5.41) is 3.48. The summed E-state index contributed by atoms with van der Waals surface area (Å²) in [6.07, 6.45) is 2.12. The van der Waals surface area contributed by atoms with Crippen LogP contribution in [0.25, 0.3) is 11.0 Å². The summed E-state index contributed by atoms with van der Waals surface area (Å²) in [6.45, 7) is 5.19. The summed E-state index contributed by atoms with van der Waals surface area (Å²) in [5.41, 5.74) is 2.05. The number of ether oxygens (including phenoxy) is 2. The molecule has 1 aliphatic heterocycles. The highest BCUT2D eigenvalue weighted by Gasteiger charge is 2.19. The lowest BCUT2D eigenvalue weighted by atomic mass is 10.1. The summed E-state index contributed by atoms with van der Waals surface area (Å²) in [6, 6.07) is 12.5. The van der Waals surface area contributed by atoms with Gasteiger partial charge < -0.3 is 19.2 Å². The van der Waals surface area contributed by atoms with Crippen molar-refractivity contribution in [1.82, 2.24) is 10.2 Å². The van der Waals surface area contributed by atoms with Crippen molar-refractivity contribution >= 4 is 16.9 Å². The lowest BCUT2D eigenvalue weighted by Crippen LogP contribution is -2.38. The van der Waals surface area contributed by atoms with Crippen LogP contribution in [0.2, 0.25) is 0 Å². The minimum atomic E-state index is -0.357. The number of hydrogen-bond acceptors (Lipinski definition) is 5. The Kier molecular flexibility index (Phi) is 7.07. The van der Waals surface area contributed by atoms with Gasteiger partial charge in [-0.25, -0.2) is 4.39 Å². The zero-order chi connectivity index (χ0) is 22.5. The van der Waals surface area contributed by atoms with Crippen molar-refractivity contribution in [2.24, 2.45) is 0 Å². The van der Waals surface area contributed by atoms with Gasteiger partial charge in [-0.1, -0.05) is 12.1 Å². The Bertz CT molecular complexity index is 1070. The summed E-state index contributed by atoms with van der Waals surface area (Å²) < 4.78 is 30.5. The molecule has 0 bridgehead atoms. The lowest BCUT2D eigenvalue weighted by molar-refractivity contribution is 0.0392. The van der Waals surface area contributed by atoms with Gasteiger partial charge in [0, 0.05) is 43.3 Å². The molecule has 1 aliphatic rings. The summed E-state index contributed by atoms with van der Waals surface area (Å²) in [5.74, 6) is 0.286. The third-order valence-corrected chi connectivity index (χ3v) is 5.98. The van der Waals surface area contributed by atoms with Crippen LogP contribution in [-0.4, -0.2) is 50.3 Å². The Balaban J connectivity index is 1.30. The Hall–Kier alpha value is -2.90. The first-order valence-corrected chi connectivity index (χ1v) is 11.0. The minimum Gasteiger partial charge on any atom is -0.492 e. The number of rotatable bonds is 8. The number of fused-ring (bicyclic) bond motifs is 1. The minimum absolute atomic E-state index is 0.203. The smallest absolute Gasteiger partial charge is 0.287 e. The molecule has 2 heterocycles. The highest BCUT2D eigenvalue weighted by Crippen LogP contribution is 2.26. The van der Waals surface area contributed by atoms with Gasteiger partial charge in [-0.05, 0) is 62.7 Å². The average molecular weight is 441 g/mol. The van der Waals surface area contributed by atoms with E-state index in [0.29, 0.717) is 35.7 Å². The third-order valence-electron chi connectivity index (χ3n) is 5.98. The molecule has 1 amide bonds. The fourth-order valence-corrected chi connectivity index (χ4v) is 4.03. The first kappa shape index (κ1) is 22.3. The van der Waals surface area contributed by atoms with Crippen molar-refractivity contribution in [3.63, 3.8) is 0 Å². The van der Waals surface area contributed by atoms with Crippen molar-refractivity contribution in [2.45, 2.75) is 32.4 Å². The molecule has 4 rings (SSSR count). The van der Waals surface area contributed by atoms with Gasteiger partial charge in [0.05, 0.1) is 0 Å². The topological polar surface area (TPSA) is 63.9 Å². The quantitative estimate of drug-likeness (QED) is 0.566. The van der Waals surface area contributed by atoms with E-state index in [1.807, 2.05) is 24.3 Å². The van der Waals surface area contributed by atoms with E-state index in [4.69, 9.17) is 13.9 Å². The van der Waals surface area contributed by atoms with E-state index in [2.05, 4.69) is 17.3 Å². The van der Waals surface area contributed by atoms with Crippen LogP contribution in [-0.2, 0) is 11.3 Å². The number of furan rings is 1. The molecule has 0 aliphatic carbocycles. The zero-order valence-electron chi connectivity index (χ0n) is 18.5. The second-order valence-electron chi connectivity index (χ2n) is 8.20. The fraction of sp³-hybridized carbons (Fsp3) is 0.400.